The molecule has 0 bridgehead atoms. The topological polar surface area (TPSA) is 78.9 Å². The van der Waals surface area contributed by atoms with Gasteiger partial charge in [-0.05, 0) is 96.3 Å². The molecule has 0 N–H and O–H groups in total. The Balaban J connectivity index is 4.38. The standard InChI is InChI=1S/C77H134O6/c1-4-7-10-13-16-19-22-25-28-31-34-37-38-41-43-46-49-52-55-58-61-64-67-70-76(79)82-73-74(83-77(80)71-68-65-62-59-56-53-50-47-44-40-36-33-30-27-24-21-18-15-12-9-6-3)72-81-75(78)69-66-63-60-57-54-51-48-45-42-39-35-32-29-26-23-20-17-14-11-8-5-2/h8-9,11-12,17-18,20-21,26-27,29-30,35-36,39-40,74H,4-7,10,13-16,19,22-25,28,31-34,37-38,41-73H2,1-3H3/b11-8-,12-9-,20-17-,21-18-,29-26-,30-27-,39-35-,40-36-. The summed E-state index contributed by atoms with van der Waals surface area (Å²) < 4.78 is 17.0. The number of unbranched alkanes of at least 4 members (excludes halogenated alkanes) is 38. The number of hydrogen-bond acceptors (Lipinski definition) is 6. The highest BCUT2D eigenvalue weighted by molar-refractivity contribution is 5.71. The van der Waals surface area contributed by atoms with Crippen LogP contribution in [-0.4, -0.2) is 37.2 Å². The third-order valence-electron chi connectivity index (χ3n) is 15.6. The largest absolute Gasteiger partial charge is 0.462 e. The van der Waals surface area contributed by atoms with Crippen LogP contribution in [0, 0.1) is 0 Å². The van der Waals surface area contributed by atoms with Crippen molar-refractivity contribution in [1.29, 1.82) is 0 Å². The minimum absolute atomic E-state index is 0.0804. The number of carbonyl (C=O) groups is 3. The van der Waals surface area contributed by atoms with Crippen molar-refractivity contribution in [2.24, 2.45) is 0 Å². The van der Waals surface area contributed by atoms with E-state index in [-0.39, 0.29) is 31.1 Å². The molecule has 0 amide bonds. The molecule has 0 saturated carbocycles. The fourth-order valence-corrected chi connectivity index (χ4v) is 10.3. The van der Waals surface area contributed by atoms with E-state index in [1.165, 1.54) is 193 Å². The summed E-state index contributed by atoms with van der Waals surface area (Å²) in [5.41, 5.74) is 0. The Hall–Kier alpha value is -3.67. The molecular formula is C77H134O6. The van der Waals surface area contributed by atoms with Gasteiger partial charge in [0.2, 0.25) is 0 Å². The molecule has 0 spiro atoms. The van der Waals surface area contributed by atoms with Gasteiger partial charge in [0.15, 0.2) is 6.10 Å². The summed E-state index contributed by atoms with van der Waals surface area (Å²) in [6.07, 6.45) is 95.7. The van der Waals surface area contributed by atoms with Crippen molar-refractivity contribution in [3.05, 3.63) is 97.2 Å². The molecule has 6 heteroatoms. The second-order valence-corrected chi connectivity index (χ2v) is 23.7. The van der Waals surface area contributed by atoms with Crippen LogP contribution in [0.15, 0.2) is 97.2 Å². The van der Waals surface area contributed by atoms with Crippen LogP contribution in [0.3, 0.4) is 0 Å². The van der Waals surface area contributed by atoms with E-state index >= 15 is 0 Å². The van der Waals surface area contributed by atoms with Gasteiger partial charge in [0, 0.05) is 19.3 Å². The molecule has 478 valence electrons. The minimum Gasteiger partial charge on any atom is -0.462 e. The molecule has 0 heterocycles. The maximum absolute atomic E-state index is 13.0. The maximum atomic E-state index is 13.0. The summed E-state index contributed by atoms with van der Waals surface area (Å²) in [6, 6.07) is 0. The molecule has 0 aromatic heterocycles. The number of esters is 3. The van der Waals surface area contributed by atoms with Crippen LogP contribution in [0.5, 0.6) is 0 Å². The fraction of sp³-hybridized carbons (Fsp3) is 0.753. The van der Waals surface area contributed by atoms with E-state index in [1.54, 1.807) is 0 Å². The zero-order chi connectivity index (χ0) is 59.9. The van der Waals surface area contributed by atoms with E-state index in [9.17, 15) is 14.4 Å². The quantitative estimate of drug-likeness (QED) is 0.0261. The van der Waals surface area contributed by atoms with Gasteiger partial charge in [0.05, 0.1) is 0 Å². The van der Waals surface area contributed by atoms with Gasteiger partial charge in [0.1, 0.15) is 13.2 Å². The third-order valence-corrected chi connectivity index (χ3v) is 15.6. The SMILES string of the molecule is CC/C=C\C/C=C\C/C=C\C/C=C\CCCCCCCCCCC(=O)OCC(COC(=O)CCCCCCCCCCCCCCCCCCCCCCCCC)OC(=O)CCCCCCCCCC/C=C\C/C=C\C/C=C\C/C=C\CC. The Bertz CT molecular complexity index is 1610. The molecule has 0 rings (SSSR count). The molecule has 83 heavy (non-hydrogen) atoms. The van der Waals surface area contributed by atoms with Crippen LogP contribution in [-0.2, 0) is 28.6 Å². The van der Waals surface area contributed by atoms with Crippen LogP contribution in [0.1, 0.15) is 355 Å². The van der Waals surface area contributed by atoms with Crippen LogP contribution >= 0.6 is 0 Å². The molecule has 0 fully saturated rings. The number of ether oxygens (including phenoxy) is 3. The lowest BCUT2D eigenvalue weighted by atomic mass is 10.0. The van der Waals surface area contributed by atoms with Gasteiger partial charge in [-0.25, -0.2) is 0 Å². The van der Waals surface area contributed by atoms with E-state index in [2.05, 4.69) is 118 Å². The molecule has 0 aliphatic heterocycles. The van der Waals surface area contributed by atoms with Crippen LogP contribution < -0.4 is 0 Å². The first kappa shape index (κ1) is 79.3. The van der Waals surface area contributed by atoms with E-state index in [4.69, 9.17) is 14.2 Å². The Morgan fingerprint density at radius 3 is 0.735 bits per heavy atom. The molecule has 1 unspecified atom stereocenters. The Morgan fingerprint density at radius 1 is 0.253 bits per heavy atom. The van der Waals surface area contributed by atoms with Crippen molar-refractivity contribution in [2.45, 2.75) is 361 Å². The highest BCUT2D eigenvalue weighted by Gasteiger charge is 2.19. The molecule has 0 aromatic carbocycles. The van der Waals surface area contributed by atoms with E-state index in [0.29, 0.717) is 19.3 Å². The predicted octanol–water partition coefficient (Wildman–Crippen LogP) is 24.8. The van der Waals surface area contributed by atoms with E-state index in [0.717, 1.165) is 122 Å². The second-order valence-electron chi connectivity index (χ2n) is 23.7. The van der Waals surface area contributed by atoms with Gasteiger partial charge in [-0.1, -0.05) is 336 Å². The van der Waals surface area contributed by atoms with E-state index < -0.39 is 6.10 Å². The smallest absolute Gasteiger partial charge is 0.306 e. The highest BCUT2D eigenvalue weighted by atomic mass is 16.6. The van der Waals surface area contributed by atoms with Gasteiger partial charge in [-0.3, -0.25) is 14.4 Å². The predicted molar refractivity (Wildman–Crippen MR) is 362 cm³/mol. The van der Waals surface area contributed by atoms with Crippen molar-refractivity contribution in [2.75, 3.05) is 13.2 Å². The van der Waals surface area contributed by atoms with Crippen molar-refractivity contribution >= 4 is 17.9 Å². The number of rotatable bonds is 65. The second kappa shape index (κ2) is 70.8. The number of carbonyl (C=O) groups excluding carboxylic acids is 3. The van der Waals surface area contributed by atoms with Crippen molar-refractivity contribution in [3.8, 4) is 0 Å². The summed E-state index contributed by atoms with van der Waals surface area (Å²) >= 11 is 0. The zero-order valence-electron chi connectivity index (χ0n) is 54.9. The fourth-order valence-electron chi connectivity index (χ4n) is 10.3. The third kappa shape index (κ3) is 69.0. The monoisotopic (exact) mass is 1160 g/mol. The molecular weight excluding hydrogens is 1020 g/mol. The summed E-state index contributed by atoms with van der Waals surface area (Å²) in [5, 5.41) is 0. The molecule has 0 aliphatic carbocycles. The lowest BCUT2D eigenvalue weighted by Gasteiger charge is -2.18. The Morgan fingerprint density at radius 2 is 0.470 bits per heavy atom. The normalized spacial score (nSPS) is 12.7. The minimum atomic E-state index is -0.788. The van der Waals surface area contributed by atoms with Gasteiger partial charge in [-0.2, -0.15) is 0 Å². The lowest BCUT2D eigenvalue weighted by molar-refractivity contribution is -0.167. The van der Waals surface area contributed by atoms with Crippen molar-refractivity contribution in [1.82, 2.24) is 0 Å². The average molecular weight is 1160 g/mol. The average Bonchev–Trinajstić information content (AvgIpc) is 3.49. The summed E-state index contributed by atoms with van der Waals surface area (Å²) in [7, 11) is 0. The van der Waals surface area contributed by atoms with Gasteiger partial charge >= 0.3 is 17.9 Å². The molecule has 1 atom stereocenters. The van der Waals surface area contributed by atoms with Gasteiger partial charge < -0.3 is 14.2 Å². The first-order chi connectivity index (χ1) is 41.0. The molecule has 0 radical (unpaired) electrons. The lowest BCUT2D eigenvalue weighted by Crippen LogP contribution is -2.30. The Kier molecular flexibility index (Phi) is 67.7. The van der Waals surface area contributed by atoms with Crippen LogP contribution in [0.4, 0.5) is 0 Å². The number of hydrogen-bond donors (Lipinski definition) is 0. The summed E-state index contributed by atoms with van der Waals surface area (Å²) in [4.78, 5) is 38.5. The molecule has 0 aromatic rings. The van der Waals surface area contributed by atoms with Gasteiger partial charge in [0.25, 0.3) is 0 Å². The van der Waals surface area contributed by atoms with Crippen LogP contribution in [0.25, 0.3) is 0 Å². The summed E-state index contributed by atoms with van der Waals surface area (Å²) in [5.74, 6) is -0.878. The molecule has 0 aliphatic rings. The Labute approximate surface area is 515 Å². The zero-order valence-corrected chi connectivity index (χ0v) is 54.9. The van der Waals surface area contributed by atoms with Crippen LogP contribution in [0.2, 0.25) is 0 Å². The van der Waals surface area contributed by atoms with E-state index in [1.807, 2.05) is 0 Å². The van der Waals surface area contributed by atoms with Crippen molar-refractivity contribution in [3.63, 3.8) is 0 Å². The first-order valence-electron chi connectivity index (χ1n) is 35.7. The maximum Gasteiger partial charge on any atom is 0.306 e. The highest BCUT2D eigenvalue weighted by Crippen LogP contribution is 2.18. The number of allylic oxidation sites excluding steroid dienone is 16. The van der Waals surface area contributed by atoms with Crippen molar-refractivity contribution < 1.29 is 28.6 Å². The molecule has 6 nitrogen and oxygen atoms in total. The summed E-state index contributed by atoms with van der Waals surface area (Å²) in [6.45, 7) is 6.46. The first-order valence-corrected chi connectivity index (χ1v) is 35.7. The van der Waals surface area contributed by atoms with Gasteiger partial charge in [-0.15, -0.1) is 0 Å². The molecule has 0 saturated heterocycles.